The van der Waals surface area contributed by atoms with Gasteiger partial charge in [-0.2, -0.15) is 5.26 Å². The zero-order valence-corrected chi connectivity index (χ0v) is 10.5. The maximum Gasteiger partial charge on any atom is 0.310 e. The van der Waals surface area contributed by atoms with E-state index < -0.39 is 0 Å². The van der Waals surface area contributed by atoms with Gasteiger partial charge in [0, 0.05) is 5.56 Å². The smallest absolute Gasteiger partial charge is 0.310 e. The Labute approximate surface area is 106 Å². The zero-order valence-electron chi connectivity index (χ0n) is 10.5. The van der Waals surface area contributed by atoms with Crippen molar-refractivity contribution < 1.29 is 14.3 Å². The minimum Gasteiger partial charge on any atom is -0.466 e. The van der Waals surface area contributed by atoms with Gasteiger partial charge in [0.05, 0.1) is 24.7 Å². The molecule has 94 valence electrons. The lowest BCUT2D eigenvalue weighted by molar-refractivity contribution is -0.142. The first-order chi connectivity index (χ1) is 8.67. The van der Waals surface area contributed by atoms with Crippen molar-refractivity contribution >= 4 is 12.3 Å². The van der Waals surface area contributed by atoms with E-state index in [2.05, 4.69) is 6.07 Å². The molecule has 0 atom stereocenters. The van der Waals surface area contributed by atoms with Crippen molar-refractivity contribution in [2.75, 3.05) is 6.61 Å². The van der Waals surface area contributed by atoms with E-state index >= 15 is 0 Å². The quantitative estimate of drug-likeness (QED) is 0.588. The fraction of sp³-hybridized carbons (Fsp3) is 0.357. The van der Waals surface area contributed by atoms with Crippen molar-refractivity contribution in [1.29, 1.82) is 5.26 Å². The molecule has 4 heteroatoms. The SMILES string of the molecule is CCOC(=O)Cc1ccc(C=O)c(CC)c1C#N. The molecule has 0 aliphatic carbocycles. The average Bonchev–Trinajstić information content (AvgIpc) is 2.38. The molecule has 0 aromatic heterocycles. The number of nitriles is 1. The molecule has 0 aliphatic heterocycles. The molecule has 0 N–H and O–H groups in total. The van der Waals surface area contributed by atoms with Gasteiger partial charge in [0.15, 0.2) is 0 Å². The van der Waals surface area contributed by atoms with Crippen LogP contribution in [0.1, 0.15) is 40.9 Å². The molecule has 0 heterocycles. The summed E-state index contributed by atoms with van der Waals surface area (Å²) in [6.45, 7) is 3.92. The van der Waals surface area contributed by atoms with E-state index in [1.807, 2.05) is 6.92 Å². The van der Waals surface area contributed by atoms with Crippen LogP contribution in [0.15, 0.2) is 12.1 Å². The Kier molecular flexibility index (Phi) is 5.06. The molecular weight excluding hydrogens is 230 g/mol. The summed E-state index contributed by atoms with van der Waals surface area (Å²) in [5, 5.41) is 9.18. The van der Waals surface area contributed by atoms with Gasteiger partial charge in [0.2, 0.25) is 0 Å². The van der Waals surface area contributed by atoms with E-state index in [4.69, 9.17) is 4.74 Å². The van der Waals surface area contributed by atoms with Crippen LogP contribution < -0.4 is 0 Å². The first kappa shape index (κ1) is 13.9. The summed E-state index contributed by atoms with van der Waals surface area (Å²) in [4.78, 5) is 22.3. The molecule has 1 aromatic rings. The minimum absolute atomic E-state index is 0.0584. The molecule has 0 aliphatic rings. The summed E-state index contributed by atoms with van der Waals surface area (Å²) < 4.78 is 4.86. The number of rotatable bonds is 5. The number of hydrogen-bond acceptors (Lipinski definition) is 4. The summed E-state index contributed by atoms with van der Waals surface area (Å²) in [7, 11) is 0. The van der Waals surface area contributed by atoms with Gasteiger partial charge in [0.25, 0.3) is 0 Å². The number of hydrogen-bond donors (Lipinski definition) is 0. The Balaban J connectivity index is 3.18. The Morgan fingerprint density at radius 1 is 1.44 bits per heavy atom. The van der Waals surface area contributed by atoms with Gasteiger partial charge in [-0.1, -0.05) is 19.1 Å². The molecule has 0 amide bonds. The molecule has 1 rings (SSSR count). The molecule has 0 spiro atoms. The number of ether oxygens (including phenoxy) is 1. The van der Waals surface area contributed by atoms with E-state index in [9.17, 15) is 14.9 Å². The third-order valence-corrected chi connectivity index (χ3v) is 2.67. The van der Waals surface area contributed by atoms with E-state index in [0.717, 1.165) is 6.29 Å². The van der Waals surface area contributed by atoms with Crippen LogP contribution >= 0.6 is 0 Å². The van der Waals surface area contributed by atoms with Gasteiger partial charge in [0.1, 0.15) is 6.29 Å². The molecule has 0 unspecified atom stereocenters. The van der Waals surface area contributed by atoms with Gasteiger partial charge < -0.3 is 4.74 Å². The summed E-state index contributed by atoms with van der Waals surface area (Å²) in [5.74, 6) is -0.366. The number of nitrogens with zero attached hydrogens (tertiary/aromatic N) is 1. The lowest BCUT2D eigenvalue weighted by Gasteiger charge is -2.10. The number of benzene rings is 1. The number of carbonyl (C=O) groups excluding carboxylic acids is 2. The summed E-state index contributed by atoms with van der Waals surface area (Å²) in [5.41, 5.74) is 2.21. The van der Waals surface area contributed by atoms with Crippen LogP contribution in [0.2, 0.25) is 0 Å². The van der Waals surface area contributed by atoms with Crippen LogP contribution in [0.3, 0.4) is 0 Å². The van der Waals surface area contributed by atoms with Crippen molar-refractivity contribution in [2.45, 2.75) is 26.7 Å². The fourth-order valence-corrected chi connectivity index (χ4v) is 1.86. The van der Waals surface area contributed by atoms with Crippen molar-refractivity contribution in [3.05, 3.63) is 34.4 Å². The zero-order chi connectivity index (χ0) is 13.5. The van der Waals surface area contributed by atoms with Gasteiger partial charge in [-0.3, -0.25) is 9.59 Å². The summed E-state index contributed by atoms with van der Waals surface area (Å²) >= 11 is 0. The molecule has 0 fully saturated rings. The Bertz CT molecular complexity index is 500. The minimum atomic E-state index is -0.366. The standard InChI is InChI=1S/C14H15NO3/c1-3-12-11(9-16)6-5-10(13(12)8-15)7-14(17)18-4-2/h5-6,9H,3-4,7H2,1-2H3. The highest BCUT2D eigenvalue weighted by molar-refractivity contribution is 5.81. The second-order valence-corrected chi connectivity index (χ2v) is 3.73. The molecule has 0 bridgehead atoms. The van der Waals surface area contributed by atoms with E-state index in [1.165, 1.54) is 0 Å². The highest BCUT2D eigenvalue weighted by Gasteiger charge is 2.14. The maximum absolute atomic E-state index is 11.4. The number of esters is 1. The fourth-order valence-electron chi connectivity index (χ4n) is 1.86. The van der Waals surface area contributed by atoms with Gasteiger partial charge in [-0.05, 0) is 24.5 Å². The molecule has 0 saturated carbocycles. The Hall–Kier alpha value is -2.15. The van der Waals surface area contributed by atoms with E-state index in [1.54, 1.807) is 19.1 Å². The monoisotopic (exact) mass is 245 g/mol. The molecular formula is C14H15NO3. The van der Waals surface area contributed by atoms with Crippen molar-refractivity contribution in [2.24, 2.45) is 0 Å². The lowest BCUT2D eigenvalue weighted by atomic mass is 9.94. The highest BCUT2D eigenvalue weighted by atomic mass is 16.5. The largest absolute Gasteiger partial charge is 0.466 e. The van der Waals surface area contributed by atoms with Crippen LogP contribution in [-0.2, 0) is 22.4 Å². The Morgan fingerprint density at radius 3 is 2.67 bits per heavy atom. The third kappa shape index (κ3) is 2.95. The van der Waals surface area contributed by atoms with Gasteiger partial charge >= 0.3 is 5.97 Å². The second kappa shape index (κ2) is 6.55. The first-order valence-corrected chi connectivity index (χ1v) is 5.83. The first-order valence-electron chi connectivity index (χ1n) is 5.83. The highest BCUT2D eigenvalue weighted by Crippen LogP contribution is 2.19. The van der Waals surface area contributed by atoms with Crippen molar-refractivity contribution in [1.82, 2.24) is 0 Å². The summed E-state index contributed by atoms with van der Waals surface area (Å²) in [6.07, 6.45) is 1.37. The molecule has 0 radical (unpaired) electrons. The lowest BCUT2D eigenvalue weighted by Crippen LogP contribution is -2.10. The molecule has 4 nitrogen and oxygen atoms in total. The summed E-state index contributed by atoms with van der Waals surface area (Å²) in [6, 6.07) is 5.35. The molecule has 18 heavy (non-hydrogen) atoms. The normalized spacial score (nSPS) is 9.61. The Morgan fingerprint density at radius 2 is 2.17 bits per heavy atom. The van der Waals surface area contributed by atoms with E-state index in [0.29, 0.717) is 35.3 Å². The molecule has 1 aromatic carbocycles. The topological polar surface area (TPSA) is 67.2 Å². The van der Waals surface area contributed by atoms with Crippen LogP contribution in [0.5, 0.6) is 0 Å². The second-order valence-electron chi connectivity index (χ2n) is 3.73. The van der Waals surface area contributed by atoms with Crippen LogP contribution in [0.4, 0.5) is 0 Å². The van der Waals surface area contributed by atoms with Crippen molar-refractivity contribution in [3.63, 3.8) is 0 Å². The number of carbonyl (C=O) groups is 2. The predicted molar refractivity (Wildman–Crippen MR) is 66.3 cm³/mol. The van der Waals surface area contributed by atoms with Crippen LogP contribution in [0.25, 0.3) is 0 Å². The maximum atomic E-state index is 11.4. The average molecular weight is 245 g/mol. The number of aldehydes is 1. The van der Waals surface area contributed by atoms with Crippen LogP contribution in [0, 0.1) is 11.3 Å². The predicted octanol–water partition coefficient (Wildman–Crippen LogP) is 2.04. The van der Waals surface area contributed by atoms with Gasteiger partial charge in [-0.25, -0.2) is 0 Å². The van der Waals surface area contributed by atoms with Crippen molar-refractivity contribution in [3.8, 4) is 6.07 Å². The molecule has 0 saturated heterocycles. The van der Waals surface area contributed by atoms with E-state index in [-0.39, 0.29) is 12.4 Å². The third-order valence-electron chi connectivity index (χ3n) is 2.67. The van der Waals surface area contributed by atoms with Gasteiger partial charge in [-0.15, -0.1) is 0 Å². The van der Waals surface area contributed by atoms with Crippen LogP contribution in [-0.4, -0.2) is 18.9 Å².